The standard InChI is InChI=1S/C18H17ClN2O2S/c1-11-7-8-14(23-3)12(9-11)10-16(22)20-18-21(2)17-13(19)5-4-6-15(17)24-18/h4-9H,10H2,1-3H3. The second-order valence-corrected chi connectivity index (χ2v) is 6.94. The zero-order chi connectivity index (χ0) is 17.3. The van der Waals surface area contributed by atoms with Crippen molar-refractivity contribution < 1.29 is 9.53 Å². The van der Waals surface area contributed by atoms with Gasteiger partial charge in [-0.05, 0) is 25.1 Å². The number of hydrogen-bond acceptors (Lipinski definition) is 3. The summed E-state index contributed by atoms with van der Waals surface area (Å²) >= 11 is 7.69. The van der Waals surface area contributed by atoms with Crippen molar-refractivity contribution in [2.75, 3.05) is 7.11 Å². The number of halogens is 1. The minimum Gasteiger partial charge on any atom is -0.496 e. The average Bonchev–Trinajstić information content (AvgIpc) is 2.85. The van der Waals surface area contributed by atoms with Gasteiger partial charge in [-0.15, -0.1) is 0 Å². The van der Waals surface area contributed by atoms with Gasteiger partial charge in [0.25, 0.3) is 5.91 Å². The van der Waals surface area contributed by atoms with Crippen molar-refractivity contribution in [3.8, 4) is 5.75 Å². The fourth-order valence-corrected chi connectivity index (χ4v) is 4.04. The summed E-state index contributed by atoms with van der Waals surface area (Å²) in [5.41, 5.74) is 2.81. The van der Waals surface area contributed by atoms with Gasteiger partial charge in [0.05, 0.1) is 28.8 Å². The van der Waals surface area contributed by atoms with E-state index in [0.29, 0.717) is 15.6 Å². The Morgan fingerprint density at radius 3 is 2.83 bits per heavy atom. The van der Waals surface area contributed by atoms with Crippen molar-refractivity contribution in [2.24, 2.45) is 12.0 Å². The van der Waals surface area contributed by atoms with Crippen LogP contribution in [0.1, 0.15) is 11.1 Å². The van der Waals surface area contributed by atoms with Gasteiger partial charge in [-0.2, -0.15) is 4.99 Å². The Bertz CT molecular complexity index is 988. The summed E-state index contributed by atoms with van der Waals surface area (Å²) in [6.07, 6.45) is 0.201. The highest BCUT2D eigenvalue weighted by Crippen LogP contribution is 2.24. The van der Waals surface area contributed by atoms with Crippen LogP contribution >= 0.6 is 22.9 Å². The quantitative estimate of drug-likeness (QED) is 0.711. The van der Waals surface area contributed by atoms with E-state index in [-0.39, 0.29) is 12.3 Å². The van der Waals surface area contributed by atoms with Crippen LogP contribution in [0, 0.1) is 6.92 Å². The number of hydrogen-bond donors (Lipinski definition) is 0. The number of thiazole rings is 1. The smallest absolute Gasteiger partial charge is 0.252 e. The van der Waals surface area contributed by atoms with Crippen LogP contribution in [-0.4, -0.2) is 17.6 Å². The Balaban J connectivity index is 1.98. The fraction of sp³-hybridized carbons (Fsp3) is 0.222. The lowest BCUT2D eigenvalue weighted by Crippen LogP contribution is -2.14. The normalized spacial score (nSPS) is 11.9. The Morgan fingerprint density at radius 2 is 2.12 bits per heavy atom. The molecule has 1 amide bonds. The second kappa shape index (κ2) is 6.79. The van der Waals surface area contributed by atoms with E-state index in [1.165, 1.54) is 11.3 Å². The molecule has 0 aliphatic rings. The summed E-state index contributed by atoms with van der Waals surface area (Å²) in [7, 11) is 3.47. The lowest BCUT2D eigenvalue weighted by atomic mass is 10.1. The van der Waals surface area contributed by atoms with Gasteiger partial charge in [0.15, 0.2) is 4.80 Å². The molecule has 3 rings (SSSR count). The molecule has 0 radical (unpaired) electrons. The summed E-state index contributed by atoms with van der Waals surface area (Å²) < 4.78 is 8.18. The summed E-state index contributed by atoms with van der Waals surface area (Å²) in [4.78, 5) is 17.3. The molecule has 1 heterocycles. The zero-order valence-electron chi connectivity index (χ0n) is 13.7. The second-order valence-electron chi connectivity index (χ2n) is 5.53. The molecule has 0 saturated carbocycles. The molecule has 0 saturated heterocycles. The molecule has 0 spiro atoms. The summed E-state index contributed by atoms with van der Waals surface area (Å²) in [5, 5.41) is 0.653. The molecule has 0 aliphatic heterocycles. The number of carbonyl (C=O) groups excluding carboxylic acids is 1. The number of fused-ring (bicyclic) bond motifs is 1. The maximum Gasteiger partial charge on any atom is 0.252 e. The Hall–Kier alpha value is -2.11. The number of rotatable bonds is 3. The highest BCUT2D eigenvalue weighted by Gasteiger charge is 2.11. The fourth-order valence-electron chi connectivity index (χ4n) is 2.62. The number of methoxy groups -OCH3 is 1. The van der Waals surface area contributed by atoms with Crippen molar-refractivity contribution in [1.29, 1.82) is 0 Å². The lowest BCUT2D eigenvalue weighted by molar-refractivity contribution is -0.117. The largest absolute Gasteiger partial charge is 0.496 e. The van der Waals surface area contributed by atoms with Gasteiger partial charge in [-0.1, -0.05) is 46.7 Å². The minimum absolute atomic E-state index is 0.201. The van der Waals surface area contributed by atoms with E-state index in [1.807, 2.05) is 54.9 Å². The number of para-hydroxylation sites is 1. The Labute approximate surface area is 149 Å². The maximum absolute atomic E-state index is 12.4. The van der Waals surface area contributed by atoms with Crippen LogP contribution in [0.25, 0.3) is 10.2 Å². The molecule has 6 heteroatoms. The van der Waals surface area contributed by atoms with Crippen LogP contribution in [0.15, 0.2) is 41.4 Å². The number of aromatic nitrogens is 1. The third kappa shape index (κ3) is 3.23. The summed E-state index contributed by atoms with van der Waals surface area (Å²) in [5.74, 6) is 0.491. The first kappa shape index (κ1) is 16.7. The van der Waals surface area contributed by atoms with Crippen LogP contribution in [0.5, 0.6) is 5.75 Å². The molecular formula is C18H17ClN2O2S. The van der Waals surface area contributed by atoms with E-state index in [9.17, 15) is 4.79 Å². The molecule has 2 aromatic carbocycles. The number of nitrogens with zero attached hydrogens (tertiary/aromatic N) is 2. The first-order valence-electron chi connectivity index (χ1n) is 7.44. The third-order valence-corrected chi connectivity index (χ3v) is 5.17. The van der Waals surface area contributed by atoms with Gasteiger partial charge >= 0.3 is 0 Å². The number of benzene rings is 2. The molecule has 1 aromatic heterocycles. The van der Waals surface area contributed by atoms with E-state index in [2.05, 4.69) is 4.99 Å². The van der Waals surface area contributed by atoms with E-state index < -0.39 is 0 Å². The van der Waals surface area contributed by atoms with E-state index in [1.54, 1.807) is 7.11 Å². The van der Waals surface area contributed by atoms with E-state index in [0.717, 1.165) is 21.3 Å². The Morgan fingerprint density at radius 1 is 1.33 bits per heavy atom. The molecule has 0 fully saturated rings. The van der Waals surface area contributed by atoms with E-state index in [4.69, 9.17) is 16.3 Å². The van der Waals surface area contributed by atoms with Gasteiger partial charge < -0.3 is 9.30 Å². The van der Waals surface area contributed by atoms with Crippen LogP contribution in [0.2, 0.25) is 5.02 Å². The van der Waals surface area contributed by atoms with Gasteiger partial charge in [0.2, 0.25) is 0 Å². The van der Waals surface area contributed by atoms with Gasteiger partial charge in [-0.3, -0.25) is 4.79 Å². The van der Waals surface area contributed by atoms with Gasteiger partial charge in [0.1, 0.15) is 5.75 Å². The van der Waals surface area contributed by atoms with Crippen molar-refractivity contribution >= 4 is 39.1 Å². The van der Waals surface area contributed by atoms with Gasteiger partial charge in [0, 0.05) is 12.6 Å². The number of aryl methyl sites for hydroxylation is 2. The van der Waals surface area contributed by atoms with Crippen molar-refractivity contribution in [3.05, 3.63) is 57.3 Å². The van der Waals surface area contributed by atoms with Crippen molar-refractivity contribution in [2.45, 2.75) is 13.3 Å². The number of carbonyl (C=O) groups is 1. The Kier molecular flexibility index (Phi) is 4.73. The molecule has 0 bridgehead atoms. The topological polar surface area (TPSA) is 43.6 Å². The summed E-state index contributed by atoms with van der Waals surface area (Å²) in [6, 6.07) is 11.5. The molecule has 24 heavy (non-hydrogen) atoms. The van der Waals surface area contributed by atoms with Crippen LogP contribution < -0.4 is 9.54 Å². The summed E-state index contributed by atoms with van der Waals surface area (Å²) in [6.45, 7) is 1.98. The first-order valence-corrected chi connectivity index (χ1v) is 8.64. The van der Waals surface area contributed by atoms with Gasteiger partial charge in [-0.25, -0.2) is 0 Å². The van der Waals surface area contributed by atoms with Crippen LogP contribution in [-0.2, 0) is 18.3 Å². The zero-order valence-corrected chi connectivity index (χ0v) is 15.2. The predicted molar refractivity (Wildman–Crippen MR) is 97.8 cm³/mol. The highest BCUT2D eigenvalue weighted by molar-refractivity contribution is 7.16. The van der Waals surface area contributed by atoms with Crippen LogP contribution in [0.4, 0.5) is 0 Å². The molecule has 0 atom stereocenters. The number of amides is 1. The molecule has 0 N–H and O–H groups in total. The highest BCUT2D eigenvalue weighted by atomic mass is 35.5. The molecule has 4 nitrogen and oxygen atoms in total. The average molecular weight is 361 g/mol. The minimum atomic E-state index is -0.211. The number of ether oxygens (including phenoxy) is 1. The maximum atomic E-state index is 12.4. The first-order chi connectivity index (χ1) is 11.5. The molecular weight excluding hydrogens is 344 g/mol. The molecule has 0 unspecified atom stereocenters. The van der Waals surface area contributed by atoms with Crippen molar-refractivity contribution in [1.82, 2.24) is 4.57 Å². The lowest BCUT2D eigenvalue weighted by Gasteiger charge is -2.07. The monoisotopic (exact) mass is 360 g/mol. The van der Waals surface area contributed by atoms with E-state index >= 15 is 0 Å². The SMILES string of the molecule is COc1ccc(C)cc1CC(=O)N=c1sc2cccc(Cl)c2n1C. The van der Waals surface area contributed by atoms with Crippen LogP contribution in [0.3, 0.4) is 0 Å². The molecule has 0 aliphatic carbocycles. The van der Waals surface area contributed by atoms with Crippen molar-refractivity contribution in [3.63, 3.8) is 0 Å². The molecule has 3 aromatic rings. The molecule has 124 valence electrons. The predicted octanol–water partition coefficient (Wildman–Crippen LogP) is 3.88. The third-order valence-electron chi connectivity index (χ3n) is 3.77.